The van der Waals surface area contributed by atoms with Gasteiger partial charge in [0.05, 0.1) is 0 Å². The molecule has 0 atom stereocenters. The van der Waals surface area contributed by atoms with E-state index < -0.39 is 5.56 Å². The van der Waals surface area contributed by atoms with E-state index in [4.69, 9.17) is 5.26 Å². The number of rotatable bonds is 4. The Balaban J connectivity index is 2.04. The minimum atomic E-state index is -0.420. The molecule has 1 saturated carbocycles. The predicted molar refractivity (Wildman–Crippen MR) is 87.4 cm³/mol. The highest BCUT2D eigenvalue weighted by Gasteiger charge is 2.16. The smallest absolute Gasteiger partial charge is 0.269 e. The molecule has 0 spiro atoms. The van der Waals surface area contributed by atoms with E-state index in [9.17, 15) is 9.59 Å². The van der Waals surface area contributed by atoms with Crippen LogP contribution in [0.5, 0.6) is 0 Å². The van der Waals surface area contributed by atoms with Crippen LogP contribution in [0.2, 0.25) is 0 Å². The first-order chi connectivity index (χ1) is 10.5. The molecular weight excluding hydrogens is 346 g/mol. The summed E-state index contributed by atoms with van der Waals surface area (Å²) in [5, 5.41) is 11.9. The fraction of sp³-hybridized carbons (Fsp3) is 0.562. The van der Waals surface area contributed by atoms with Crippen LogP contribution >= 0.6 is 15.9 Å². The second-order valence-electron chi connectivity index (χ2n) is 5.80. The van der Waals surface area contributed by atoms with Gasteiger partial charge in [-0.05, 0) is 47.7 Å². The molecule has 0 saturated heterocycles. The van der Waals surface area contributed by atoms with Crippen molar-refractivity contribution in [1.29, 1.82) is 5.26 Å². The van der Waals surface area contributed by atoms with Crippen molar-refractivity contribution < 1.29 is 4.79 Å². The number of nitrogens with zero attached hydrogens (tertiary/aromatic N) is 2. The molecule has 0 radical (unpaired) electrons. The van der Waals surface area contributed by atoms with Crippen LogP contribution in [-0.2, 0) is 11.3 Å². The van der Waals surface area contributed by atoms with Gasteiger partial charge in [-0.3, -0.25) is 9.59 Å². The number of nitriles is 1. The average Bonchev–Trinajstić information content (AvgIpc) is 2.54. The highest BCUT2D eigenvalue weighted by atomic mass is 79.9. The monoisotopic (exact) mass is 365 g/mol. The van der Waals surface area contributed by atoms with Crippen LogP contribution in [0, 0.1) is 24.2 Å². The number of carbonyl (C=O) groups is 1. The molecule has 1 aliphatic carbocycles. The maximum absolute atomic E-state index is 12.2. The highest BCUT2D eigenvalue weighted by Crippen LogP contribution is 2.22. The van der Waals surface area contributed by atoms with Crippen molar-refractivity contribution >= 4 is 21.8 Å². The van der Waals surface area contributed by atoms with Gasteiger partial charge in [0.25, 0.3) is 5.56 Å². The largest absolute Gasteiger partial charge is 0.354 e. The topological polar surface area (TPSA) is 74.9 Å². The molecule has 2 rings (SSSR count). The lowest BCUT2D eigenvalue weighted by atomic mass is 9.89. The van der Waals surface area contributed by atoms with E-state index in [1.54, 1.807) is 6.92 Å². The lowest BCUT2D eigenvalue weighted by molar-refractivity contribution is -0.122. The Morgan fingerprint density at radius 2 is 2.14 bits per heavy atom. The zero-order valence-corrected chi connectivity index (χ0v) is 14.3. The molecule has 1 amide bonds. The number of aromatic nitrogens is 1. The quantitative estimate of drug-likeness (QED) is 0.890. The Kier molecular flexibility index (Phi) is 5.78. The summed E-state index contributed by atoms with van der Waals surface area (Å²) in [4.78, 5) is 24.3. The third-order valence-electron chi connectivity index (χ3n) is 4.23. The van der Waals surface area contributed by atoms with Gasteiger partial charge in [-0.15, -0.1) is 0 Å². The summed E-state index contributed by atoms with van der Waals surface area (Å²) in [6.45, 7) is 2.37. The molecule has 118 valence electrons. The van der Waals surface area contributed by atoms with Crippen LogP contribution in [0.3, 0.4) is 0 Å². The van der Waals surface area contributed by atoms with Gasteiger partial charge >= 0.3 is 0 Å². The van der Waals surface area contributed by atoms with Gasteiger partial charge in [-0.1, -0.05) is 19.3 Å². The average molecular weight is 366 g/mol. The van der Waals surface area contributed by atoms with Gasteiger partial charge in [0.15, 0.2) is 0 Å². The lowest BCUT2D eigenvalue weighted by Gasteiger charge is -2.22. The highest BCUT2D eigenvalue weighted by molar-refractivity contribution is 9.10. The second-order valence-corrected chi connectivity index (χ2v) is 6.66. The standard InChI is InChI=1S/C16H20BrN3O2/c1-11-14(17)7-13(8-18)16(22)20(11)10-15(21)19-9-12-5-3-2-4-6-12/h7,12H,2-6,9-10H2,1H3,(H,19,21). The van der Waals surface area contributed by atoms with Gasteiger partial charge in [0.2, 0.25) is 5.91 Å². The number of amides is 1. The molecule has 1 aliphatic rings. The molecule has 0 aliphatic heterocycles. The summed E-state index contributed by atoms with van der Waals surface area (Å²) in [6, 6.07) is 3.36. The van der Waals surface area contributed by atoms with E-state index in [0.29, 0.717) is 22.6 Å². The molecular formula is C16H20BrN3O2. The minimum Gasteiger partial charge on any atom is -0.354 e. The predicted octanol–water partition coefficient (Wildman–Crippen LogP) is 2.49. The summed E-state index contributed by atoms with van der Waals surface area (Å²) < 4.78 is 2.00. The van der Waals surface area contributed by atoms with E-state index >= 15 is 0 Å². The molecule has 1 N–H and O–H groups in total. The number of pyridine rings is 1. The summed E-state index contributed by atoms with van der Waals surface area (Å²) in [6.07, 6.45) is 6.07. The number of carbonyl (C=O) groups excluding carboxylic acids is 1. The van der Waals surface area contributed by atoms with Crippen LogP contribution in [-0.4, -0.2) is 17.0 Å². The van der Waals surface area contributed by atoms with Gasteiger partial charge in [-0.25, -0.2) is 0 Å². The molecule has 1 aromatic heterocycles. The Morgan fingerprint density at radius 3 is 2.77 bits per heavy atom. The summed E-state index contributed by atoms with van der Waals surface area (Å²) in [7, 11) is 0. The van der Waals surface area contributed by atoms with E-state index in [0.717, 1.165) is 12.8 Å². The van der Waals surface area contributed by atoms with Crippen molar-refractivity contribution in [2.45, 2.75) is 45.6 Å². The SMILES string of the molecule is Cc1c(Br)cc(C#N)c(=O)n1CC(=O)NCC1CCCCC1. The van der Waals surface area contributed by atoms with Crippen LogP contribution in [0.25, 0.3) is 0 Å². The van der Waals surface area contributed by atoms with Gasteiger partial charge in [0, 0.05) is 16.7 Å². The van der Waals surface area contributed by atoms with Gasteiger partial charge in [0.1, 0.15) is 18.2 Å². The lowest BCUT2D eigenvalue weighted by Crippen LogP contribution is -2.36. The molecule has 22 heavy (non-hydrogen) atoms. The molecule has 0 bridgehead atoms. The molecule has 1 heterocycles. The van der Waals surface area contributed by atoms with Crippen molar-refractivity contribution in [1.82, 2.24) is 9.88 Å². The van der Waals surface area contributed by atoms with Crippen molar-refractivity contribution in [3.05, 3.63) is 32.2 Å². The van der Waals surface area contributed by atoms with E-state index in [2.05, 4.69) is 21.2 Å². The van der Waals surface area contributed by atoms with Crippen LogP contribution < -0.4 is 10.9 Å². The third-order valence-corrected chi connectivity index (χ3v) is 5.03. The molecule has 1 aromatic rings. The Bertz CT molecular complexity index is 655. The molecule has 0 unspecified atom stereocenters. The third kappa shape index (κ3) is 3.98. The zero-order valence-electron chi connectivity index (χ0n) is 12.7. The summed E-state index contributed by atoms with van der Waals surface area (Å²) >= 11 is 3.32. The molecule has 6 heteroatoms. The summed E-state index contributed by atoms with van der Waals surface area (Å²) in [5.41, 5.74) is 0.269. The Morgan fingerprint density at radius 1 is 1.45 bits per heavy atom. The van der Waals surface area contributed by atoms with Crippen molar-refractivity contribution in [2.75, 3.05) is 6.54 Å². The van der Waals surface area contributed by atoms with E-state index in [-0.39, 0.29) is 18.0 Å². The summed E-state index contributed by atoms with van der Waals surface area (Å²) in [5.74, 6) is 0.366. The van der Waals surface area contributed by atoms with Gasteiger partial charge < -0.3 is 9.88 Å². The van der Waals surface area contributed by atoms with Gasteiger partial charge in [-0.2, -0.15) is 5.26 Å². The van der Waals surface area contributed by atoms with Crippen LogP contribution in [0.4, 0.5) is 0 Å². The van der Waals surface area contributed by atoms with Crippen molar-refractivity contribution in [3.63, 3.8) is 0 Å². The maximum Gasteiger partial charge on any atom is 0.269 e. The van der Waals surface area contributed by atoms with Crippen LogP contribution in [0.1, 0.15) is 43.4 Å². The van der Waals surface area contributed by atoms with E-state index in [1.807, 2.05) is 6.07 Å². The fourth-order valence-corrected chi connectivity index (χ4v) is 3.28. The molecule has 1 fully saturated rings. The Hall–Kier alpha value is -1.61. The molecule has 0 aromatic carbocycles. The van der Waals surface area contributed by atoms with E-state index in [1.165, 1.54) is 29.9 Å². The minimum absolute atomic E-state index is 0.0394. The van der Waals surface area contributed by atoms with Crippen molar-refractivity contribution in [3.8, 4) is 6.07 Å². The Labute approximate surface area is 138 Å². The zero-order chi connectivity index (χ0) is 16.1. The maximum atomic E-state index is 12.2. The second kappa shape index (κ2) is 7.59. The first kappa shape index (κ1) is 16.8. The number of hydrogen-bond acceptors (Lipinski definition) is 3. The first-order valence-corrected chi connectivity index (χ1v) is 8.39. The number of nitrogens with one attached hydrogen (secondary N) is 1. The number of halogens is 1. The van der Waals surface area contributed by atoms with Crippen molar-refractivity contribution in [2.24, 2.45) is 5.92 Å². The normalized spacial score (nSPS) is 15.3. The first-order valence-electron chi connectivity index (χ1n) is 7.59. The fourth-order valence-electron chi connectivity index (χ4n) is 2.84. The van der Waals surface area contributed by atoms with Crippen LogP contribution in [0.15, 0.2) is 15.3 Å². The molecule has 5 nitrogen and oxygen atoms in total. The number of hydrogen-bond donors (Lipinski definition) is 1.